The number of carbonyl (C=O) groups is 1. The molecule has 6 rings (SSSR count). The Bertz CT molecular complexity index is 652. The first-order chi connectivity index (χ1) is 12.2. The number of carbonyl (C=O) groups excluding carboxylic acids is 1. The van der Waals surface area contributed by atoms with Crippen LogP contribution in [0, 0.1) is 23.7 Å². The first-order valence-electron chi connectivity index (χ1n) is 10.2. The summed E-state index contributed by atoms with van der Waals surface area (Å²) in [4.78, 5) is 19.5. The maximum absolute atomic E-state index is 12.3. The molecule has 0 aromatic carbocycles. The van der Waals surface area contributed by atoms with Crippen molar-refractivity contribution in [2.75, 3.05) is 18.0 Å². The lowest BCUT2D eigenvalue weighted by atomic mass is 9.51. The monoisotopic (exact) mass is 339 g/mol. The fourth-order valence-corrected chi connectivity index (χ4v) is 6.62. The molecule has 1 aromatic rings. The molecule has 0 atom stereocenters. The highest BCUT2D eigenvalue weighted by atomic mass is 16.1. The molecule has 1 saturated heterocycles. The van der Waals surface area contributed by atoms with Crippen LogP contribution in [0.1, 0.15) is 73.3 Å². The third-order valence-electron chi connectivity index (χ3n) is 7.43. The topological polar surface area (TPSA) is 59.2 Å². The summed E-state index contributed by atoms with van der Waals surface area (Å²) in [6.45, 7) is 2.13. The molecule has 4 nitrogen and oxygen atoms in total. The Labute approximate surface area is 150 Å². The van der Waals surface area contributed by atoms with Crippen LogP contribution in [-0.2, 0) is 0 Å². The van der Waals surface area contributed by atoms with Gasteiger partial charge in [-0.25, -0.2) is 0 Å². The Kier molecular flexibility index (Phi) is 3.76. The molecular formula is C21H29N3O. The molecule has 134 valence electrons. The molecule has 4 heteroatoms. The zero-order valence-corrected chi connectivity index (χ0v) is 15.0. The predicted molar refractivity (Wildman–Crippen MR) is 98.6 cm³/mol. The van der Waals surface area contributed by atoms with Crippen LogP contribution in [-0.4, -0.2) is 24.0 Å². The first kappa shape index (κ1) is 15.7. The predicted octanol–water partition coefficient (Wildman–Crippen LogP) is 3.71. The molecule has 4 aliphatic carbocycles. The van der Waals surface area contributed by atoms with E-state index in [0.717, 1.165) is 48.1 Å². The minimum Gasteiger partial charge on any atom is -0.370 e. The number of amides is 1. The number of hydrogen-bond acceptors (Lipinski definition) is 3. The van der Waals surface area contributed by atoms with Crippen molar-refractivity contribution in [2.45, 2.75) is 57.3 Å². The second-order valence-corrected chi connectivity index (χ2v) is 8.99. The molecule has 5 fully saturated rings. The average molecular weight is 339 g/mol. The summed E-state index contributed by atoms with van der Waals surface area (Å²) in [5.74, 6) is 3.48. The van der Waals surface area contributed by atoms with Crippen LogP contribution in [0.3, 0.4) is 0 Å². The molecule has 5 aliphatic rings. The van der Waals surface area contributed by atoms with Gasteiger partial charge in [-0.2, -0.15) is 0 Å². The highest BCUT2D eigenvalue weighted by Crippen LogP contribution is 2.59. The maximum atomic E-state index is 12.3. The van der Waals surface area contributed by atoms with Gasteiger partial charge in [0.25, 0.3) is 5.91 Å². The van der Waals surface area contributed by atoms with Gasteiger partial charge in [0.2, 0.25) is 0 Å². The van der Waals surface area contributed by atoms with Crippen LogP contribution in [0.5, 0.6) is 0 Å². The SMILES string of the molecule is NC(=O)c1cc(N2CCCCC2)cnc1C1C2CC3CC(C2)CC1C3. The van der Waals surface area contributed by atoms with Gasteiger partial charge in [0.1, 0.15) is 0 Å². The van der Waals surface area contributed by atoms with E-state index in [1.54, 1.807) is 0 Å². The second-order valence-electron chi connectivity index (χ2n) is 8.99. The zero-order chi connectivity index (χ0) is 17.0. The Hall–Kier alpha value is -1.58. The van der Waals surface area contributed by atoms with Gasteiger partial charge in [0, 0.05) is 19.0 Å². The maximum Gasteiger partial charge on any atom is 0.250 e. The summed E-state index contributed by atoms with van der Waals surface area (Å²) < 4.78 is 0. The van der Waals surface area contributed by atoms with Crippen molar-refractivity contribution < 1.29 is 4.79 Å². The fraction of sp³-hybridized carbons (Fsp3) is 0.714. The molecular weight excluding hydrogens is 310 g/mol. The summed E-state index contributed by atoms with van der Waals surface area (Å²) in [5.41, 5.74) is 8.60. The van der Waals surface area contributed by atoms with Gasteiger partial charge in [0.05, 0.1) is 23.1 Å². The number of hydrogen-bond donors (Lipinski definition) is 1. The Morgan fingerprint density at radius 2 is 1.64 bits per heavy atom. The van der Waals surface area contributed by atoms with Gasteiger partial charge in [-0.05, 0) is 81.1 Å². The zero-order valence-electron chi connectivity index (χ0n) is 15.0. The number of aromatic nitrogens is 1. The normalized spacial score (nSPS) is 36.6. The summed E-state index contributed by atoms with van der Waals surface area (Å²) in [6, 6.07) is 2.04. The highest BCUT2D eigenvalue weighted by Gasteiger charge is 2.49. The fourth-order valence-electron chi connectivity index (χ4n) is 6.62. The minimum absolute atomic E-state index is 0.296. The van der Waals surface area contributed by atoms with E-state index in [-0.39, 0.29) is 5.91 Å². The molecule has 1 aliphatic heterocycles. The van der Waals surface area contributed by atoms with Crippen molar-refractivity contribution in [3.05, 3.63) is 23.5 Å². The van der Waals surface area contributed by atoms with Gasteiger partial charge in [-0.3, -0.25) is 9.78 Å². The molecule has 1 aromatic heterocycles. The standard InChI is InChI=1S/C21H29N3O/c22-21(25)18-11-17(24-4-2-1-3-5-24)12-23-20(18)19-15-7-13-6-14(9-15)10-16(19)8-13/h11-16,19H,1-10H2,(H2,22,25). The summed E-state index contributed by atoms with van der Waals surface area (Å²) in [5, 5.41) is 0. The van der Waals surface area contributed by atoms with Gasteiger partial charge in [-0.1, -0.05) is 0 Å². The summed E-state index contributed by atoms with van der Waals surface area (Å²) in [6.07, 6.45) is 12.6. The number of piperidine rings is 1. The van der Waals surface area contributed by atoms with E-state index in [4.69, 9.17) is 10.7 Å². The third-order valence-corrected chi connectivity index (χ3v) is 7.43. The van der Waals surface area contributed by atoms with Gasteiger partial charge < -0.3 is 10.6 Å². The van der Waals surface area contributed by atoms with E-state index >= 15 is 0 Å². The van der Waals surface area contributed by atoms with E-state index in [0.29, 0.717) is 11.5 Å². The highest BCUT2D eigenvalue weighted by molar-refractivity contribution is 5.95. The van der Waals surface area contributed by atoms with Crippen molar-refractivity contribution in [3.8, 4) is 0 Å². The van der Waals surface area contributed by atoms with Crippen LogP contribution < -0.4 is 10.6 Å². The molecule has 4 saturated carbocycles. The van der Waals surface area contributed by atoms with E-state index in [1.807, 2.05) is 12.3 Å². The first-order valence-corrected chi connectivity index (χ1v) is 10.2. The van der Waals surface area contributed by atoms with Crippen molar-refractivity contribution in [1.29, 1.82) is 0 Å². The van der Waals surface area contributed by atoms with E-state index < -0.39 is 0 Å². The molecule has 4 bridgehead atoms. The number of nitrogens with zero attached hydrogens (tertiary/aromatic N) is 2. The second kappa shape index (κ2) is 6.00. The van der Waals surface area contributed by atoms with Crippen molar-refractivity contribution in [1.82, 2.24) is 4.98 Å². The van der Waals surface area contributed by atoms with E-state index in [1.165, 1.54) is 51.4 Å². The Balaban J connectivity index is 1.49. The van der Waals surface area contributed by atoms with Crippen molar-refractivity contribution in [3.63, 3.8) is 0 Å². The van der Waals surface area contributed by atoms with Crippen LogP contribution in [0.2, 0.25) is 0 Å². The molecule has 0 unspecified atom stereocenters. The number of primary amides is 1. The lowest BCUT2D eigenvalue weighted by Crippen LogP contribution is -2.44. The lowest BCUT2D eigenvalue weighted by molar-refractivity contribution is -0.00436. The number of nitrogens with two attached hydrogens (primary N) is 1. The van der Waals surface area contributed by atoms with Crippen LogP contribution in [0.4, 0.5) is 5.69 Å². The molecule has 25 heavy (non-hydrogen) atoms. The minimum atomic E-state index is -0.296. The van der Waals surface area contributed by atoms with Crippen LogP contribution in [0.15, 0.2) is 12.3 Å². The largest absolute Gasteiger partial charge is 0.370 e. The lowest BCUT2D eigenvalue weighted by Gasteiger charge is -2.54. The Morgan fingerprint density at radius 1 is 1.00 bits per heavy atom. The van der Waals surface area contributed by atoms with E-state index in [2.05, 4.69) is 4.90 Å². The van der Waals surface area contributed by atoms with Gasteiger partial charge >= 0.3 is 0 Å². The molecule has 0 spiro atoms. The molecule has 2 N–H and O–H groups in total. The van der Waals surface area contributed by atoms with Gasteiger partial charge in [-0.15, -0.1) is 0 Å². The van der Waals surface area contributed by atoms with Gasteiger partial charge in [0.15, 0.2) is 0 Å². The summed E-state index contributed by atoms with van der Waals surface area (Å²) >= 11 is 0. The van der Waals surface area contributed by atoms with Crippen molar-refractivity contribution in [2.24, 2.45) is 29.4 Å². The van der Waals surface area contributed by atoms with Crippen molar-refractivity contribution >= 4 is 11.6 Å². The molecule has 2 heterocycles. The van der Waals surface area contributed by atoms with E-state index in [9.17, 15) is 4.79 Å². The van der Waals surface area contributed by atoms with Crippen LogP contribution in [0.25, 0.3) is 0 Å². The third kappa shape index (κ3) is 2.65. The average Bonchev–Trinajstić information content (AvgIpc) is 2.61. The molecule has 1 amide bonds. The number of pyridine rings is 1. The number of anilines is 1. The molecule has 0 radical (unpaired) electrons. The van der Waals surface area contributed by atoms with Crippen LogP contribution >= 0.6 is 0 Å². The smallest absolute Gasteiger partial charge is 0.250 e. The quantitative estimate of drug-likeness (QED) is 0.913. The summed E-state index contributed by atoms with van der Waals surface area (Å²) in [7, 11) is 0. The Morgan fingerprint density at radius 3 is 2.24 bits per heavy atom. The number of rotatable bonds is 3.